The van der Waals surface area contributed by atoms with Crippen molar-refractivity contribution in [2.75, 3.05) is 0 Å². The van der Waals surface area contributed by atoms with Gasteiger partial charge in [0.05, 0.1) is 12.2 Å². The highest BCUT2D eigenvalue weighted by Crippen LogP contribution is 2.41. The molecule has 104 valence electrons. The fourth-order valence-corrected chi connectivity index (χ4v) is 4.27. The summed E-state index contributed by atoms with van der Waals surface area (Å²) >= 11 is 0. The minimum absolute atomic E-state index is 0.686. The van der Waals surface area contributed by atoms with Gasteiger partial charge in [0, 0.05) is 0 Å². The highest BCUT2D eigenvalue weighted by atomic mass is 16.6. The molecule has 0 aromatic heterocycles. The van der Waals surface area contributed by atoms with Gasteiger partial charge in [-0.05, 0) is 31.1 Å². The van der Waals surface area contributed by atoms with E-state index in [2.05, 4.69) is 0 Å². The first-order chi connectivity index (χ1) is 8.92. The molecule has 3 aliphatic rings. The summed E-state index contributed by atoms with van der Waals surface area (Å²) in [4.78, 5) is 0. The summed E-state index contributed by atoms with van der Waals surface area (Å²) in [5.41, 5.74) is 0. The van der Waals surface area contributed by atoms with Crippen molar-refractivity contribution < 1.29 is 4.74 Å². The van der Waals surface area contributed by atoms with Crippen LogP contribution in [0.4, 0.5) is 0 Å². The van der Waals surface area contributed by atoms with Crippen molar-refractivity contribution in [3.8, 4) is 0 Å². The third-order valence-corrected chi connectivity index (χ3v) is 5.56. The Morgan fingerprint density at radius 2 is 1.44 bits per heavy atom. The van der Waals surface area contributed by atoms with Crippen LogP contribution in [-0.4, -0.2) is 12.2 Å². The van der Waals surface area contributed by atoms with Gasteiger partial charge in [0.15, 0.2) is 0 Å². The molecule has 0 amide bonds. The van der Waals surface area contributed by atoms with Crippen LogP contribution in [0.25, 0.3) is 0 Å². The first-order valence-electron chi connectivity index (χ1n) is 8.57. The van der Waals surface area contributed by atoms with E-state index >= 15 is 0 Å². The number of ether oxygens (including phenoxy) is 1. The predicted octanol–water partition coefficient (Wildman–Crippen LogP) is 5.08. The molecule has 3 unspecified atom stereocenters. The van der Waals surface area contributed by atoms with E-state index in [0.717, 1.165) is 11.8 Å². The fourth-order valence-electron chi connectivity index (χ4n) is 4.27. The molecule has 1 saturated heterocycles. The Bertz CT molecular complexity index is 244. The van der Waals surface area contributed by atoms with Crippen molar-refractivity contribution in [2.45, 2.75) is 95.7 Å². The van der Waals surface area contributed by atoms with Gasteiger partial charge < -0.3 is 4.74 Å². The molecule has 0 aromatic carbocycles. The van der Waals surface area contributed by atoms with E-state index in [9.17, 15) is 0 Å². The average Bonchev–Trinajstić information content (AvgIpc) is 3.18. The summed E-state index contributed by atoms with van der Waals surface area (Å²) in [7, 11) is 0. The van der Waals surface area contributed by atoms with E-state index in [4.69, 9.17) is 4.74 Å². The lowest BCUT2D eigenvalue weighted by atomic mass is 9.84. The Kier molecular flexibility index (Phi) is 4.62. The third kappa shape index (κ3) is 3.73. The van der Waals surface area contributed by atoms with Crippen LogP contribution in [0, 0.1) is 11.8 Å². The molecule has 3 fully saturated rings. The summed E-state index contributed by atoms with van der Waals surface area (Å²) in [6.45, 7) is 0. The van der Waals surface area contributed by atoms with Crippen LogP contribution < -0.4 is 0 Å². The Morgan fingerprint density at radius 3 is 2.22 bits per heavy atom. The van der Waals surface area contributed by atoms with Crippen molar-refractivity contribution in [1.29, 1.82) is 0 Å². The van der Waals surface area contributed by atoms with Crippen molar-refractivity contribution in [1.82, 2.24) is 0 Å². The quantitative estimate of drug-likeness (QED) is 0.473. The summed E-state index contributed by atoms with van der Waals surface area (Å²) in [5, 5.41) is 0. The lowest BCUT2D eigenvalue weighted by Gasteiger charge is -2.21. The van der Waals surface area contributed by atoms with Gasteiger partial charge >= 0.3 is 0 Å². The minimum Gasteiger partial charge on any atom is -0.370 e. The molecule has 1 aliphatic heterocycles. The Balaban J connectivity index is 1.20. The van der Waals surface area contributed by atoms with Gasteiger partial charge in [-0.2, -0.15) is 0 Å². The highest BCUT2D eigenvalue weighted by molar-refractivity contribution is 4.91. The Hall–Kier alpha value is -0.0400. The van der Waals surface area contributed by atoms with Crippen LogP contribution >= 0.6 is 0 Å². The van der Waals surface area contributed by atoms with Gasteiger partial charge in [0.2, 0.25) is 0 Å². The Morgan fingerprint density at radius 1 is 0.667 bits per heavy atom. The molecular formula is C17H30O. The molecule has 0 N–H and O–H groups in total. The molecule has 2 aliphatic carbocycles. The number of rotatable bonds is 6. The molecule has 3 rings (SSSR count). The van der Waals surface area contributed by atoms with Gasteiger partial charge in [-0.25, -0.2) is 0 Å². The number of hydrogen-bond acceptors (Lipinski definition) is 1. The molecule has 2 saturated carbocycles. The largest absolute Gasteiger partial charge is 0.370 e. The monoisotopic (exact) mass is 250 g/mol. The molecule has 1 heterocycles. The zero-order chi connectivity index (χ0) is 12.2. The molecule has 1 nitrogen and oxygen atoms in total. The second-order valence-corrected chi connectivity index (χ2v) is 7.03. The zero-order valence-electron chi connectivity index (χ0n) is 11.9. The van der Waals surface area contributed by atoms with Crippen molar-refractivity contribution in [3.05, 3.63) is 0 Å². The van der Waals surface area contributed by atoms with E-state index in [1.807, 2.05) is 0 Å². The zero-order valence-corrected chi connectivity index (χ0v) is 11.9. The van der Waals surface area contributed by atoms with Crippen molar-refractivity contribution >= 4 is 0 Å². The van der Waals surface area contributed by atoms with Crippen molar-refractivity contribution in [2.24, 2.45) is 11.8 Å². The Labute approximate surface area is 113 Å². The van der Waals surface area contributed by atoms with E-state index in [-0.39, 0.29) is 0 Å². The van der Waals surface area contributed by atoms with Gasteiger partial charge in [-0.1, -0.05) is 64.2 Å². The molecule has 18 heavy (non-hydrogen) atoms. The smallest absolute Gasteiger partial charge is 0.0844 e. The van der Waals surface area contributed by atoms with E-state index in [0.29, 0.717) is 12.2 Å². The van der Waals surface area contributed by atoms with Crippen LogP contribution in [0.1, 0.15) is 83.5 Å². The summed E-state index contributed by atoms with van der Waals surface area (Å²) < 4.78 is 5.61. The molecular weight excluding hydrogens is 220 g/mol. The molecule has 0 radical (unpaired) electrons. The summed E-state index contributed by atoms with van der Waals surface area (Å²) in [6.07, 6.45) is 20.6. The SMILES string of the molecule is C1CCC(CCCCCC2CCC3OC3C2)CC1. The second kappa shape index (κ2) is 6.41. The maximum absolute atomic E-state index is 5.61. The first-order valence-corrected chi connectivity index (χ1v) is 8.57. The summed E-state index contributed by atoms with van der Waals surface area (Å²) in [5.74, 6) is 2.09. The molecule has 0 aromatic rings. The number of epoxide rings is 1. The normalized spacial score (nSPS) is 36.3. The lowest BCUT2D eigenvalue weighted by molar-refractivity contribution is 0.318. The van der Waals surface area contributed by atoms with Crippen LogP contribution in [0.2, 0.25) is 0 Å². The number of fused-ring (bicyclic) bond motifs is 1. The minimum atomic E-state index is 0.686. The van der Waals surface area contributed by atoms with Gasteiger partial charge in [0.1, 0.15) is 0 Å². The first kappa shape index (κ1) is 13.0. The van der Waals surface area contributed by atoms with Gasteiger partial charge in [0.25, 0.3) is 0 Å². The topological polar surface area (TPSA) is 12.5 Å². The number of hydrogen-bond donors (Lipinski definition) is 0. The van der Waals surface area contributed by atoms with Crippen molar-refractivity contribution in [3.63, 3.8) is 0 Å². The highest BCUT2D eigenvalue weighted by Gasteiger charge is 2.43. The van der Waals surface area contributed by atoms with Crippen LogP contribution in [-0.2, 0) is 4.74 Å². The second-order valence-electron chi connectivity index (χ2n) is 7.03. The van der Waals surface area contributed by atoms with E-state index in [1.165, 1.54) is 83.5 Å². The van der Waals surface area contributed by atoms with Gasteiger partial charge in [-0.3, -0.25) is 0 Å². The average molecular weight is 250 g/mol. The molecule has 0 bridgehead atoms. The maximum Gasteiger partial charge on any atom is 0.0844 e. The predicted molar refractivity (Wildman–Crippen MR) is 75.7 cm³/mol. The molecule has 3 atom stereocenters. The maximum atomic E-state index is 5.61. The third-order valence-electron chi connectivity index (χ3n) is 5.56. The van der Waals surface area contributed by atoms with E-state index in [1.54, 1.807) is 0 Å². The standard InChI is InChI=1S/C17H30O/c1-3-7-14(8-4-1)9-5-2-6-10-15-11-12-16-17(13-15)18-16/h14-17H,1-13H2. The molecule has 0 spiro atoms. The van der Waals surface area contributed by atoms with Gasteiger partial charge in [-0.15, -0.1) is 0 Å². The van der Waals surface area contributed by atoms with E-state index < -0.39 is 0 Å². The van der Waals surface area contributed by atoms with Crippen LogP contribution in [0.5, 0.6) is 0 Å². The fraction of sp³-hybridized carbons (Fsp3) is 1.00. The molecule has 1 heteroatoms. The number of unbranched alkanes of at least 4 members (excludes halogenated alkanes) is 2. The lowest BCUT2D eigenvalue weighted by Crippen LogP contribution is -2.13. The van der Waals surface area contributed by atoms with Crippen LogP contribution in [0.15, 0.2) is 0 Å². The van der Waals surface area contributed by atoms with Crippen LogP contribution in [0.3, 0.4) is 0 Å². The summed E-state index contributed by atoms with van der Waals surface area (Å²) in [6, 6.07) is 0.